The van der Waals surface area contributed by atoms with E-state index in [9.17, 15) is 5.11 Å². The minimum Gasteiger partial charge on any atom is -0.353 e. The Labute approximate surface area is 113 Å². The quantitative estimate of drug-likeness (QED) is 0.582. The molecule has 6 heteroatoms. The molecule has 4 nitrogen and oxygen atoms in total. The van der Waals surface area contributed by atoms with Gasteiger partial charge in [0.2, 0.25) is 5.85 Å². The van der Waals surface area contributed by atoms with Crippen LogP contribution in [-0.2, 0) is 5.85 Å². The van der Waals surface area contributed by atoms with Crippen LogP contribution in [0.25, 0.3) is 0 Å². The molecule has 1 aliphatic rings. The van der Waals surface area contributed by atoms with E-state index in [0.717, 1.165) is 4.47 Å². The molecule has 90 valence electrons. The maximum Gasteiger partial charge on any atom is 0.242 e. The summed E-state index contributed by atoms with van der Waals surface area (Å²) in [5.74, 6) is -1.35. The topological polar surface area (TPSA) is 47.5 Å². The first-order chi connectivity index (χ1) is 8.08. The lowest BCUT2D eigenvalue weighted by Gasteiger charge is -2.32. The van der Waals surface area contributed by atoms with E-state index in [1.54, 1.807) is 11.0 Å². The normalized spacial score (nSPS) is 23.6. The van der Waals surface area contributed by atoms with Crippen LogP contribution in [0, 0.1) is 0 Å². The van der Waals surface area contributed by atoms with Crippen molar-refractivity contribution >= 4 is 33.3 Å². The smallest absolute Gasteiger partial charge is 0.242 e. The Hall–Kier alpha value is -0.950. The maximum atomic E-state index is 10.6. The highest BCUT2D eigenvalue weighted by molar-refractivity contribution is 9.10. The van der Waals surface area contributed by atoms with Crippen molar-refractivity contribution in [2.24, 2.45) is 0 Å². The van der Waals surface area contributed by atoms with Crippen LogP contribution in [-0.4, -0.2) is 21.7 Å². The largest absolute Gasteiger partial charge is 0.353 e. The summed E-state index contributed by atoms with van der Waals surface area (Å²) in [6.45, 7) is 4.10. The van der Waals surface area contributed by atoms with Gasteiger partial charge in [-0.2, -0.15) is 5.43 Å². The summed E-state index contributed by atoms with van der Waals surface area (Å²) in [6.07, 6.45) is 1.68. The van der Waals surface area contributed by atoms with E-state index in [-0.39, 0.29) is 0 Å². The zero-order valence-corrected chi connectivity index (χ0v) is 11.4. The predicted octanol–water partition coefficient (Wildman–Crippen LogP) is 1.43. The summed E-state index contributed by atoms with van der Waals surface area (Å²) in [5, 5.41) is 11.1. The third-order valence-electron chi connectivity index (χ3n) is 2.52. The predicted molar refractivity (Wildman–Crippen MR) is 73.8 cm³/mol. The second-order valence-corrected chi connectivity index (χ2v) is 4.94. The second kappa shape index (κ2) is 4.73. The zero-order chi connectivity index (χ0) is 12.5. The molecule has 0 radical (unpaired) electrons. The zero-order valence-electron chi connectivity index (χ0n) is 8.98. The molecule has 0 amide bonds. The van der Waals surface area contributed by atoms with Crippen LogP contribution in [0.3, 0.4) is 0 Å². The molecule has 1 aliphatic heterocycles. The van der Waals surface area contributed by atoms with Gasteiger partial charge < -0.3 is 5.11 Å². The molecule has 1 fully saturated rings. The van der Waals surface area contributed by atoms with E-state index < -0.39 is 5.85 Å². The SMILES string of the molecule is C=CCN1C(=S)NNC1(O)c1cccc(Br)c1. The summed E-state index contributed by atoms with van der Waals surface area (Å²) in [4.78, 5) is 1.62. The highest BCUT2D eigenvalue weighted by atomic mass is 79.9. The van der Waals surface area contributed by atoms with Crippen molar-refractivity contribution in [1.29, 1.82) is 0 Å². The van der Waals surface area contributed by atoms with E-state index in [1.165, 1.54) is 0 Å². The van der Waals surface area contributed by atoms with E-state index in [1.807, 2.05) is 24.3 Å². The number of nitrogens with one attached hydrogen (secondary N) is 2. The van der Waals surface area contributed by atoms with Gasteiger partial charge in [0.05, 0.1) is 0 Å². The number of aliphatic hydroxyl groups is 1. The van der Waals surface area contributed by atoms with Crippen molar-refractivity contribution in [1.82, 2.24) is 15.8 Å². The van der Waals surface area contributed by atoms with Crippen molar-refractivity contribution < 1.29 is 5.11 Å². The van der Waals surface area contributed by atoms with Gasteiger partial charge in [0.25, 0.3) is 0 Å². The Balaban J connectivity index is 2.40. The standard InChI is InChI=1S/C11H12BrN3OS/c1-2-6-15-10(17)13-14-11(15,16)8-4-3-5-9(12)7-8/h2-5,7,14,16H,1,6H2,(H,13,17). The number of benzene rings is 1. The number of rotatable bonds is 3. The average molecular weight is 314 g/mol. The van der Waals surface area contributed by atoms with Crippen LogP contribution in [0.4, 0.5) is 0 Å². The number of halogens is 1. The molecule has 1 heterocycles. The first-order valence-corrected chi connectivity index (χ1v) is 6.22. The molecule has 2 rings (SSSR count). The number of hydrazine groups is 1. The molecule has 0 saturated carbocycles. The molecule has 1 atom stereocenters. The lowest BCUT2D eigenvalue weighted by Crippen LogP contribution is -2.49. The maximum absolute atomic E-state index is 10.6. The van der Waals surface area contributed by atoms with Gasteiger partial charge in [0, 0.05) is 16.6 Å². The summed E-state index contributed by atoms with van der Waals surface area (Å²) in [5.41, 5.74) is 6.24. The molecule has 0 spiro atoms. The summed E-state index contributed by atoms with van der Waals surface area (Å²) in [7, 11) is 0. The number of hydrogen-bond acceptors (Lipinski definition) is 3. The molecule has 0 aromatic heterocycles. The van der Waals surface area contributed by atoms with Gasteiger partial charge in [-0.05, 0) is 24.4 Å². The molecule has 17 heavy (non-hydrogen) atoms. The summed E-state index contributed by atoms with van der Waals surface area (Å²) >= 11 is 8.50. The molecule has 1 aromatic carbocycles. The molecular weight excluding hydrogens is 302 g/mol. The van der Waals surface area contributed by atoms with Crippen LogP contribution < -0.4 is 10.9 Å². The second-order valence-electron chi connectivity index (χ2n) is 3.64. The molecular formula is C11H12BrN3OS. The summed E-state index contributed by atoms with van der Waals surface area (Å²) in [6, 6.07) is 7.40. The van der Waals surface area contributed by atoms with E-state index in [0.29, 0.717) is 17.2 Å². The minimum absolute atomic E-state index is 0.437. The van der Waals surface area contributed by atoms with Crippen LogP contribution in [0.5, 0.6) is 0 Å². The number of hydrogen-bond donors (Lipinski definition) is 3. The Morgan fingerprint density at radius 1 is 1.59 bits per heavy atom. The van der Waals surface area contributed by atoms with E-state index in [4.69, 9.17) is 12.2 Å². The molecule has 1 unspecified atom stereocenters. The third kappa shape index (κ3) is 2.21. The number of nitrogens with zero attached hydrogens (tertiary/aromatic N) is 1. The van der Waals surface area contributed by atoms with Gasteiger partial charge in [0.15, 0.2) is 5.11 Å². The lowest BCUT2D eigenvalue weighted by atomic mass is 10.1. The van der Waals surface area contributed by atoms with Gasteiger partial charge >= 0.3 is 0 Å². The average Bonchev–Trinajstić information content (AvgIpc) is 2.59. The van der Waals surface area contributed by atoms with Crippen molar-refractivity contribution in [2.45, 2.75) is 5.85 Å². The first kappa shape index (κ1) is 12.5. The van der Waals surface area contributed by atoms with Crippen LogP contribution in [0.2, 0.25) is 0 Å². The molecule has 3 N–H and O–H groups in total. The fourth-order valence-corrected chi connectivity index (χ4v) is 2.36. The minimum atomic E-state index is -1.35. The fraction of sp³-hybridized carbons (Fsp3) is 0.182. The Bertz CT molecular complexity index is 468. The van der Waals surface area contributed by atoms with Crippen LogP contribution in [0.15, 0.2) is 41.4 Å². The first-order valence-electron chi connectivity index (χ1n) is 5.02. The van der Waals surface area contributed by atoms with Crippen LogP contribution >= 0.6 is 28.1 Å². The van der Waals surface area contributed by atoms with E-state index in [2.05, 4.69) is 33.4 Å². The van der Waals surface area contributed by atoms with E-state index >= 15 is 0 Å². The molecule has 0 bridgehead atoms. The van der Waals surface area contributed by atoms with Crippen LogP contribution in [0.1, 0.15) is 5.56 Å². The van der Waals surface area contributed by atoms with Gasteiger partial charge in [-0.25, -0.2) is 0 Å². The van der Waals surface area contributed by atoms with Crippen molar-refractivity contribution in [2.75, 3.05) is 6.54 Å². The van der Waals surface area contributed by atoms with Gasteiger partial charge in [-0.3, -0.25) is 10.3 Å². The third-order valence-corrected chi connectivity index (χ3v) is 3.33. The highest BCUT2D eigenvalue weighted by Crippen LogP contribution is 2.27. The van der Waals surface area contributed by atoms with Crippen molar-refractivity contribution in [3.63, 3.8) is 0 Å². The molecule has 1 aromatic rings. The summed E-state index contributed by atoms with van der Waals surface area (Å²) < 4.78 is 0.890. The fourth-order valence-electron chi connectivity index (χ4n) is 1.70. The Kier molecular flexibility index (Phi) is 3.48. The lowest BCUT2D eigenvalue weighted by molar-refractivity contribution is -0.0842. The Morgan fingerprint density at radius 2 is 2.35 bits per heavy atom. The molecule has 1 saturated heterocycles. The monoisotopic (exact) mass is 313 g/mol. The Morgan fingerprint density at radius 3 is 3.00 bits per heavy atom. The van der Waals surface area contributed by atoms with Gasteiger partial charge in [0.1, 0.15) is 0 Å². The van der Waals surface area contributed by atoms with Crippen molar-refractivity contribution in [3.8, 4) is 0 Å². The van der Waals surface area contributed by atoms with Crippen molar-refractivity contribution in [3.05, 3.63) is 47.0 Å². The van der Waals surface area contributed by atoms with Gasteiger partial charge in [-0.1, -0.05) is 34.1 Å². The highest BCUT2D eigenvalue weighted by Gasteiger charge is 2.42. The molecule has 0 aliphatic carbocycles. The van der Waals surface area contributed by atoms with Gasteiger partial charge in [-0.15, -0.1) is 6.58 Å². The number of thiocarbonyl (C=S) groups is 1.